The lowest BCUT2D eigenvalue weighted by Crippen LogP contribution is -2.65. The number of amides is 8. The van der Waals surface area contributed by atoms with Crippen molar-refractivity contribution in [2.75, 3.05) is 32.8 Å². The summed E-state index contributed by atoms with van der Waals surface area (Å²) in [7, 11) is 0. The number of carboxylic acids is 1. The number of ketones is 8. The summed E-state index contributed by atoms with van der Waals surface area (Å²) in [4.78, 5) is 243. The molecule has 0 radical (unpaired) electrons. The Kier molecular flexibility index (Phi) is 47.4. The minimum atomic E-state index is -2.24. The number of carbonyl (C=O) groups is 17. The second-order valence-corrected chi connectivity index (χ2v) is 35.5. The molecule has 0 saturated heterocycles. The Labute approximate surface area is 773 Å². The number of aliphatic hydroxyl groups is 2. The van der Waals surface area contributed by atoms with E-state index in [1.165, 1.54) is 52.0 Å². The number of aliphatic hydroxyl groups excluding tert-OH is 2. The summed E-state index contributed by atoms with van der Waals surface area (Å²) in [6.45, 7) is 14.7. The molecule has 8 amide bonds. The molecule has 23 N–H and O–H groups in total. The highest BCUT2D eigenvalue weighted by Crippen LogP contribution is 2.25. The Hall–Kier alpha value is -11.2. The summed E-state index contributed by atoms with van der Waals surface area (Å²) in [5.41, 5.74) is 19.8. The van der Waals surface area contributed by atoms with E-state index < -0.39 is 241 Å². The number of halogens is 2. The van der Waals surface area contributed by atoms with Crippen molar-refractivity contribution in [1.82, 2.24) is 79.9 Å². The number of hydrazine groups is 2. The highest BCUT2D eigenvalue weighted by molar-refractivity contribution is 6.41. The first-order valence-electron chi connectivity index (χ1n) is 45.3. The fourth-order valence-electron chi connectivity index (χ4n) is 14.8. The maximum absolute atomic E-state index is 15.6. The number of para-hydroxylation sites is 1. The third kappa shape index (κ3) is 38.4. The maximum atomic E-state index is 15.6. The van der Waals surface area contributed by atoms with Crippen LogP contribution in [0.2, 0.25) is 0 Å². The van der Waals surface area contributed by atoms with Crippen molar-refractivity contribution in [3.8, 4) is 5.75 Å². The number of phenols is 1. The Morgan fingerprint density at radius 3 is 1.88 bits per heavy atom. The van der Waals surface area contributed by atoms with Gasteiger partial charge in [0.05, 0.1) is 87.1 Å². The van der Waals surface area contributed by atoms with Gasteiger partial charge in [0.2, 0.25) is 58.8 Å². The smallest absolute Gasteiger partial charge is 0.303 e. The van der Waals surface area contributed by atoms with E-state index in [4.69, 9.17) is 11.5 Å². The second kappa shape index (κ2) is 56.1. The standard InChI is InChI=1S/C93H137F2N17O21/c1-52(2)25-32-69-87(129)107-93(11,91(133)105-74(51-113)80(122)50-99-54(5)75(117)37-40-98-56(7)78(120)47-96)39-22-18-16-14-12-13-15-17-21-38-92(10,108-88(130)73(44-60-28-31-64(94)65(95)42-60)103-89(131)83(57(8)114)106-86(128)72(41-53(3)4)102-58(9)115)90(132)104-68(34-36-82(124)125)84(126)85(127)71(43-59-26-29-62(116)30-27-59)112-111-70(45-61-48-101-66-24-20-19-23-63(61)66)77(119)46-76(118)55(6)100-49-79(121)67(109-110-69)33-35-81(97)123/h14,16,19-20,23-24,26-31,42,48,52-57,67-74,83,98-101,109-114,116H,12-13,15,17-18,21-22,25,32-41,43-47,49-51,96H2,1-11H3,(H2,97,123)(H,102,115)(H,103,131)(H,104,132)(H,105,133)(H,106,128)(H,107,129)(H,108,130)(H,124,125)/t54-,55-,56-,57+,67-,68-,69-,70-,71-,72-,73-,74-,83-,92+,93-/m0/s1. The molecule has 0 unspecified atom stereocenters. The summed E-state index contributed by atoms with van der Waals surface area (Å²) >= 11 is 0. The number of nitrogens with one attached hydrogen (secondary N) is 15. The average Bonchev–Trinajstić information content (AvgIpc) is 1.63. The second-order valence-electron chi connectivity index (χ2n) is 35.5. The zero-order valence-electron chi connectivity index (χ0n) is 77.8. The molecule has 0 bridgehead atoms. The van der Waals surface area contributed by atoms with Crippen LogP contribution in [-0.4, -0.2) is 247 Å². The number of benzene rings is 3. The summed E-state index contributed by atoms with van der Waals surface area (Å²) in [5.74, 6) is -18.4. The predicted molar refractivity (Wildman–Crippen MR) is 489 cm³/mol. The third-order valence-electron chi connectivity index (χ3n) is 23.2. The van der Waals surface area contributed by atoms with Crippen LogP contribution in [0.5, 0.6) is 5.75 Å². The first-order chi connectivity index (χ1) is 62.8. The number of aliphatic carboxylic acids is 1. The number of fused-ring (bicyclic) bond motifs is 1. The van der Waals surface area contributed by atoms with E-state index in [-0.39, 0.29) is 112 Å². The summed E-state index contributed by atoms with van der Waals surface area (Å²) in [5, 5.41) is 69.5. The van der Waals surface area contributed by atoms with Crippen molar-refractivity contribution < 1.29 is 111 Å². The van der Waals surface area contributed by atoms with Crippen molar-refractivity contribution in [2.24, 2.45) is 23.3 Å². The number of hydrogen-bond donors (Lipinski definition) is 21. The van der Waals surface area contributed by atoms with Gasteiger partial charge in [-0.2, -0.15) is 0 Å². The molecule has 0 fully saturated rings. The van der Waals surface area contributed by atoms with Gasteiger partial charge in [-0.05, 0) is 184 Å². The van der Waals surface area contributed by atoms with Crippen LogP contribution in [0.1, 0.15) is 208 Å². The predicted octanol–water partition coefficient (Wildman–Crippen LogP) is 1.33. The fraction of sp³-hybridized carbons (Fsp3) is 0.581. The summed E-state index contributed by atoms with van der Waals surface area (Å²) < 4.78 is 29.7. The van der Waals surface area contributed by atoms with Crippen LogP contribution >= 0.6 is 0 Å². The molecular weight excluding hydrogens is 1730 g/mol. The molecule has 0 aliphatic carbocycles. The highest BCUT2D eigenvalue weighted by Gasteiger charge is 2.44. The van der Waals surface area contributed by atoms with E-state index in [1.54, 1.807) is 51.2 Å². The largest absolute Gasteiger partial charge is 0.508 e. The van der Waals surface area contributed by atoms with Crippen LogP contribution in [0.15, 0.2) is 85.1 Å². The van der Waals surface area contributed by atoms with E-state index >= 15 is 23.6 Å². The van der Waals surface area contributed by atoms with Gasteiger partial charge in [0.25, 0.3) is 0 Å². The molecule has 133 heavy (non-hydrogen) atoms. The van der Waals surface area contributed by atoms with Gasteiger partial charge in [-0.25, -0.2) is 30.5 Å². The summed E-state index contributed by atoms with van der Waals surface area (Å²) in [6, 6.07) is -2.10. The number of allylic oxidation sites excluding steroid dienone is 2. The number of carbonyl (C=O) groups excluding carboxylic acids is 16. The first-order valence-corrected chi connectivity index (χ1v) is 45.3. The number of aromatic hydroxyl groups is 1. The van der Waals surface area contributed by atoms with Crippen LogP contribution in [-0.2, 0) is 101 Å². The van der Waals surface area contributed by atoms with Crippen LogP contribution in [0.3, 0.4) is 0 Å². The third-order valence-corrected chi connectivity index (χ3v) is 23.2. The van der Waals surface area contributed by atoms with Gasteiger partial charge in [0.1, 0.15) is 41.0 Å². The molecule has 0 spiro atoms. The molecule has 38 nitrogen and oxygen atoms in total. The number of nitrogens with two attached hydrogens (primary N) is 2. The van der Waals surface area contributed by atoms with E-state index in [9.17, 15) is 87.1 Å². The fourth-order valence-corrected chi connectivity index (χ4v) is 14.8. The maximum Gasteiger partial charge on any atom is 0.303 e. The summed E-state index contributed by atoms with van der Waals surface area (Å²) in [6.07, 6.45) is 1.56. The van der Waals surface area contributed by atoms with Crippen LogP contribution in [0, 0.1) is 23.5 Å². The molecule has 3 aromatic carbocycles. The van der Waals surface area contributed by atoms with Crippen molar-refractivity contribution >= 4 is 110 Å². The molecule has 1 aromatic heterocycles. The van der Waals surface area contributed by atoms with E-state index in [1.807, 2.05) is 26.0 Å². The number of H-pyrrole nitrogens is 1. The molecule has 734 valence electrons. The molecular formula is C93H137F2N17O21. The van der Waals surface area contributed by atoms with E-state index in [0.29, 0.717) is 60.6 Å². The molecule has 40 heteroatoms. The van der Waals surface area contributed by atoms with Crippen LogP contribution < -0.4 is 86.3 Å². The number of aromatic nitrogens is 1. The average molecular weight is 1870 g/mol. The molecule has 1 aliphatic rings. The van der Waals surface area contributed by atoms with Gasteiger partial charge in [0.15, 0.2) is 46.3 Å². The number of rotatable bonds is 39. The van der Waals surface area contributed by atoms with E-state index in [2.05, 4.69) is 79.9 Å². The lowest BCUT2D eigenvalue weighted by molar-refractivity contribution is -0.143. The lowest BCUT2D eigenvalue weighted by Gasteiger charge is -2.34. The normalized spacial score (nSPS) is 22.0. The number of Topliss-reactive ketones (excluding diaryl/α,β-unsaturated/α-hetero) is 8. The zero-order chi connectivity index (χ0) is 99.0. The van der Waals surface area contributed by atoms with Gasteiger partial charge < -0.3 is 90.0 Å². The number of primary amides is 1. The number of aromatic amines is 1. The van der Waals surface area contributed by atoms with Crippen molar-refractivity contribution in [1.29, 1.82) is 0 Å². The molecule has 1 aliphatic heterocycles. The zero-order valence-corrected chi connectivity index (χ0v) is 77.8. The molecule has 4 aromatic rings. The Bertz CT molecular complexity index is 4680. The minimum Gasteiger partial charge on any atom is -0.508 e. The minimum absolute atomic E-state index is 0.0131. The molecule has 15 atom stereocenters. The quantitative estimate of drug-likeness (QED) is 0.0170. The Morgan fingerprint density at radius 1 is 0.609 bits per heavy atom. The SMILES string of the molecule is CC(=O)N[C@@H](CC(C)C)C(=O)N[C@H](C(=O)N[C@@H](Cc1ccc(F)c(F)c1)C(=O)N[C@]1(C)CCCCCCC=CCCC[C@@](C)(C(=O)N[C@@H](CO)C(=O)CN[C@@H](C)C(=O)CCN[C@@H](C)C(=O)CN)NC(=O)[C@H](CCC(C)C)NN[C@@H](CCC(N)=O)C(=O)CN[C@@H](C)C(=O)CC(=O)[C@H](Cc2c[nH]c3ccccc23)NN[C@@H](Cc2ccc(O)cc2)C(=O)C(=O)[C@H](CCC(=O)O)NC1=O)[C@@H](C)O. The van der Waals surface area contributed by atoms with E-state index in [0.717, 1.165) is 32.0 Å². The topological polar surface area (TPSA) is 607 Å². The van der Waals surface area contributed by atoms with Gasteiger partial charge in [-0.3, -0.25) is 81.5 Å². The van der Waals surface area contributed by atoms with Gasteiger partial charge in [-0.1, -0.05) is 95.5 Å². The van der Waals surface area contributed by atoms with Crippen molar-refractivity contribution in [2.45, 2.75) is 301 Å². The number of phenolic OH excluding ortho intramolecular Hbond substituents is 1. The molecule has 2 heterocycles. The number of carboxylic acid groups (broad SMARTS) is 1. The lowest BCUT2D eigenvalue weighted by atomic mass is 9.90. The van der Waals surface area contributed by atoms with Crippen LogP contribution in [0.25, 0.3) is 10.9 Å². The number of hydrogen-bond acceptors (Lipinski definition) is 28. The van der Waals surface area contributed by atoms with Crippen molar-refractivity contribution in [3.63, 3.8) is 0 Å². The van der Waals surface area contributed by atoms with Crippen LogP contribution in [0.4, 0.5) is 8.78 Å². The monoisotopic (exact) mass is 1870 g/mol. The van der Waals surface area contributed by atoms with Gasteiger partial charge >= 0.3 is 5.97 Å². The Morgan fingerprint density at radius 2 is 1.24 bits per heavy atom. The van der Waals surface area contributed by atoms with Gasteiger partial charge in [-0.15, -0.1) is 0 Å². The Balaban J connectivity index is 1.63. The highest BCUT2D eigenvalue weighted by atomic mass is 19.2. The first kappa shape index (κ1) is 112. The molecule has 0 saturated carbocycles. The molecule has 5 rings (SSSR count). The van der Waals surface area contributed by atoms with Crippen molar-refractivity contribution in [3.05, 3.63) is 113 Å². The van der Waals surface area contributed by atoms with Gasteiger partial charge in [0, 0.05) is 56.3 Å².